The molecule has 0 radical (unpaired) electrons. The fourth-order valence-corrected chi connectivity index (χ4v) is 3.48. The average molecular weight is 445 g/mol. The van der Waals surface area contributed by atoms with Crippen LogP contribution in [-0.2, 0) is 12.7 Å². The summed E-state index contributed by atoms with van der Waals surface area (Å²) in [7, 11) is 0. The molecule has 4 aromatic rings. The third-order valence-corrected chi connectivity index (χ3v) is 5.12. The molecule has 0 saturated heterocycles. The van der Waals surface area contributed by atoms with Crippen LogP contribution < -0.4 is 5.32 Å². The van der Waals surface area contributed by atoms with Crippen molar-refractivity contribution in [3.05, 3.63) is 88.3 Å². The largest absolute Gasteiger partial charge is 0.436 e. The van der Waals surface area contributed by atoms with E-state index in [-0.39, 0.29) is 12.5 Å². The third-order valence-electron chi connectivity index (χ3n) is 4.84. The number of hydrogen-bond donors (Lipinski definition) is 1. The Bertz CT molecular complexity index is 1270. The van der Waals surface area contributed by atoms with Gasteiger partial charge in [0.2, 0.25) is 0 Å². The maximum absolute atomic E-state index is 12.8. The summed E-state index contributed by atoms with van der Waals surface area (Å²) in [4.78, 5) is 17.0. The first-order valence-corrected chi connectivity index (χ1v) is 9.65. The standard InChI is InChI=1S/C22H16ClF3N4O/c1-13-16-4-2-3-5-18(16)27-10-19(13)28-21(31)15-8-6-14(7-9-15)11-30-12-17(23)20(29-30)22(24,25)26/h2-10,12H,11H2,1H3,(H,28,31). The molecule has 0 unspecified atom stereocenters. The quantitative estimate of drug-likeness (QED) is 0.438. The number of benzene rings is 2. The molecular weight excluding hydrogens is 429 g/mol. The lowest BCUT2D eigenvalue weighted by molar-refractivity contribution is -0.141. The normalized spacial score (nSPS) is 11.6. The Hall–Kier alpha value is -3.39. The van der Waals surface area contributed by atoms with Gasteiger partial charge in [0.25, 0.3) is 5.91 Å². The second-order valence-electron chi connectivity index (χ2n) is 6.99. The number of amides is 1. The molecule has 2 aromatic heterocycles. The minimum Gasteiger partial charge on any atom is -0.320 e. The van der Waals surface area contributed by atoms with Crippen LogP contribution in [0.15, 0.2) is 60.9 Å². The predicted octanol–water partition coefficient (Wildman–Crippen LogP) is 5.71. The first-order chi connectivity index (χ1) is 14.7. The van der Waals surface area contributed by atoms with Gasteiger partial charge in [-0.1, -0.05) is 41.9 Å². The molecule has 1 amide bonds. The summed E-state index contributed by atoms with van der Waals surface area (Å²) in [6.07, 6.45) is -1.87. The zero-order valence-corrected chi connectivity index (χ0v) is 17.0. The van der Waals surface area contributed by atoms with Gasteiger partial charge in [-0.3, -0.25) is 14.5 Å². The van der Waals surface area contributed by atoms with Gasteiger partial charge in [0.1, 0.15) is 0 Å². The topological polar surface area (TPSA) is 59.8 Å². The zero-order valence-electron chi connectivity index (χ0n) is 16.2. The van der Waals surface area contributed by atoms with Crippen molar-refractivity contribution in [1.29, 1.82) is 0 Å². The van der Waals surface area contributed by atoms with Gasteiger partial charge in [0, 0.05) is 17.1 Å². The van der Waals surface area contributed by atoms with E-state index in [1.165, 1.54) is 0 Å². The lowest BCUT2D eigenvalue weighted by atomic mass is 10.1. The lowest BCUT2D eigenvalue weighted by Crippen LogP contribution is -2.13. The molecule has 0 saturated carbocycles. The van der Waals surface area contributed by atoms with Crippen LogP contribution in [0.2, 0.25) is 5.02 Å². The number of aromatic nitrogens is 3. The first-order valence-electron chi connectivity index (χ1n) is 9.27. The Balaban J connectivity index is 1.48. The summed E-state index contributed by atoms with van der Waals surface area (Å²) >= 11 is 5.63. The zero-order chi connectivity index (χ0) is 22.2. The highest BCUT2D eigenvalue weighted by Gasteiger charge is 2.36. The lowest BCUT2D eigenvalue weighted by Gasteiger charge is -2.11. The molecular formula is C22H16ClF3N4O. The second kappa shape index (κ2) is 8.03. The number of alkyl halides is 3. The molecule has 0 atom stereocenters. The molecule has 5 nitrogen and oxygen atoms in total. The number of carbonyl (C=O) groups excluding carboxylic acids is 1. The van der Waals surface area contributed by atoms with Crippen LogP contribution in [0.1, 0.15) is 27.2 Å². The van der Waals surface area contributed by atoms with E-state index in [2.05, 4.69) is 15.4 Å². The number of fused-ring (bicyclic) bond motifs is 1. The van der Waals surface area contributed by atoms with Crippen molar-refractivity contribution in [3.8, 4) is 0 Å². The number of rotatable bonds is 4. The monoisotopic (exact) mass is 444 g/mol. The van der Waals surface area contributed by atoms with Crippen LogP contribution in [0.3, 0.4) is 0 Å². The highest BCUT2D eigenvalue weighted by Crippen LogP contribution is 2.33. The molecule has 2 heterocycles. The Labute approximate surface area is 180 Å². The number of hydrogen-bond acceptors (Lipinski definition) is 3. The van der Waals surface area contributed by atoms with Gasteiger partial charge >= 0.3 is 6.18 Å². The van der Waals surface area contributed by atoms with Gasteiger partial charge in [0.05, 0.1) is 29.0 Å². The van der Waals surface area contributed by atoms with E-state index >= 15 is 0 Å². The molecule has 0 spiro atoms. The maximum Gasteiger partial charge on any atom is 0.436 e. The van der Waals surface area contributed by atoms with Gasteiger partial charge in [-0.15, -0.1) is 0 Å². The SMILES string of the molecule is Cc1c(NC(=O)c2ccc(Cn3cc(Cl)c(C(F)(F)F)n3)cc2)cnc2ccccc12. The van der Waals surface area contributed by atoms with Gasteiger partial charge in [-0.2, -0.15) is 18.3 Å². The number of anilines is 1. The number of pyridine rings is 1. The van der Waals surface area contributed by atoms with Gasteiger partial charge in [-0.05, 0) is 36.2 Å². The van der Waals surface area contributed by atoms with E-state index in [1.807, 2.05) is 31.2 Å². The van der Waals surface area contributed by atoms with Crippen molar-refractivity contribution in [1.82, 2.24) is 14.8 Å². The first kappa shape index (κ1) is 20.9. The van der Waals surface area contributed by atoms with E-state index in [0.717, 1.165) is 27.3 Å². The van der Waals surface area contributed by atoms with Gasteiger partial charge in [0.15, 0.2) is 5.69 Å². The molecule has 0 bridgehead atoms. The number of carbonyl (C=O) groups is 1. The Kier molecular flexibility index (Phi) is 5.41. The minimum atomic E-state index is -4.61. The van der Waals surface area contributed by atoms with Crippen LogP contribution in [0.5, 0.6) is 0 Å². The molecule has 4 rings (SSSR count). The number of nitrogens with one attached hydrogen (secondary N) is 1. The average Bonchev–Trinajstić information content (AvgIpc) is 3.11. The fourth-order valence-electron chi connectivity index (χ4n) is 3.22. The number of nitrogens with zero attached hydrogens (tertiary/aromatic N) is 3. The summed E-state index contributed by atoms with van der Waals surface area (Å²) in [5, 5.41) is 6.85. The van der Waals surface area contributed by atoms with Crippen LogP contribution in [0.4, 0.5) is 18.9 Å². The summed E-state index contributed by atoms with van der Waals surface area (Å²) in [5.41, 5.74) is 2.32. The molecule has 31 heavy (non-hydrogen) atoms. The number of aryl methyl sites for hydroxylation is 1. The van der Waals surface area contributed by atoms with Crippen LogP contribution in [0, 0.1) is 6.92 Å². The molecule has 9 heteroatoms. The Morgan fingerprint density at radius 1 is 1.13 bits per heavy atom. The predicted molar refractivity (Wildman–Crippen MR) is 112 cm³/mol. The van der Waals surface area contributed by atoms with Crippen molar-refractivity contribution >= 4 is 34.1 Å². The van der Waals surface area contributed by atoms with Crippen LogP contribution in [0.25, 0.3) is 10.9 Å². The third kappa shape index (κ3) is 4.39. The molecule has 0 aliphatic heterocycles. The van der Waals surface area contributed by atoms with Crippen molar-refractivity contribution in [2.75, 3.05) is 5.32 Å². The van der Waals surface area contributed by atoms with Gasteiger partial charge in [-0.25, -0.2) is 0 Å². The van der Waals surface area contributed by atoms with E-state index in [9.17, 15) is 18.0 Å². The fraction of sp³-hybridized carbons (Fsp3) is 0.136. The van der Waals surface area contributed by atoms with Crippen molar-refractivity contribution in [2.45, 2.75) is 19.6 Å². The Morgan fingerprint density at radius 3 is 2.52 bits per heavy atom. The summed E-state index contributed by atoms with van der Waals surface area (Å²) in [6.45, 7) is 2.00. The summed E-state index contributed by atoms with van der Waals surface area (Å²) in [5.74, 6) is -0.312. The van der Waals surface area contributed by atoms with Crippen LogP contribution in [-0.4, -0.2) is 20.7 Å². The van der Waals surface area contributed by atoms with Crippen LogP contribution >= 0.6 is 11.6 Å². The second-order valence-corrected chi connectivity index (χ2v) is 7.39. The summed E-state index contributed by atoms with van der Waals surface area (Å²) in [6, 6.07) is 14.2. The molecule has 0 aliphatic rings. The van der Waals surface area contributed by atoms with Crippen molar-refractivity contribution in [3.63, 3.8) is 0 Å². The van der Waals surface area contributed by atoms with E-state index in [0.29, 0.717) is 16.8 Å². The Morgan fingerprint density at radius 2 is 1.84 bits per heavy atom. The molecule has 2 aromatic carbocycles. The highest BCUT2D eigenvalue weighted by atomic mass is 35.5. The van der Waals surface area contributed by atoms with E-state index in [4.69, 9.17) is 11.6 Å². The highest BCUT2D eigenvalue weighted by molar-refractivity contribution is 6.31. The molecule has 158 valence electrons. The van der Waals surface area contributed by atoms with Crippen molar-refractivity contribution in [2.24, 2.45) is 0 Å². The molecule has 0 aliphatic carbocycles. The maximum atomic E-state index is 12.8. The number of para-hydroxylation sites is 1. The van der Waals surface area contributed by atoms with E-state index in [1.54, 1.807) is 30.5 Å². The smallest absolute Gasteiger partial charge is 0.320 e. The minimum absolute atomic E-state index is 0.0887. The molecule has 1 N–H and O–H groups in total. The molecule has 0 fully saturated rings. The van der Waals surface area contributed by atoms with E-state index < -0.39 is 16.9 Å². The van der Waals surface area contributed by atoms with Crippen molar-refractivity contribution < 1.29 is 18.0 Å². The number of halogens is 4. The summed E-state index contributed by atoms with van der Waals surface area (Å²) < 4.78 is 39.6. The van der Waals surface area contributed by atoms with Gasteiger partial charge < -0.3 is 5.32 Å².